The van der Waals surface area contributed by atoms with Gasteiger partial charge in [0.25, 0.3) is 0 Å². The summed E-state index contributed by atoms with van der Waals surface area (Å²) in [5.74, 6) is 1.50. The lowest BCUT2D eigenvalue weighted by Crippen LogP contribution is -1.97. The van der Waals surface area contributed by atoms with Crippen LogP contribution in [0, 0.1) is 0 Å². The third-order valence-corrected chi connectivity index (χ3v) is 1.97. The summed E-state index contributed by atoms with van der Waals surface area (Å²) >= 11 is 0. The van der Waals surface area contributed by atoms with E-state index in [2.05, 4.69) is 0 Å². The molecule has 3 nitrogen and oxygen atoms in total. The molecule has 1 aliphatic heterocycles. The van der Waals surface area contributed by atoms with Crippen molar-refractivity contribution in [3.05, 3.63) is 23.8 Å². The van der Waals surface area contributed by atoms with E-state index in [0.717, 1.165) is 17.1 Å². The number of hydrogen-bond donors (Lipinski definition) is 1. The molecule has 1 aromatic carbocycles. The average Bonchev–Trinajstić information content (AvgIpc) is 2.47. The molecule has 0 fully saturated rings. The fourth-order valence-electron chi connectivity index (χ4n) is 1.30. The Balaban J connectivity index is 2.43. The zero-order valence-electron chi connectivity index (χ0n) is 6.78. The Labute approximate surface area is 70.5 Å². The monoisotopic (exact) mass is 166 g/mol. The maximum absolute atomic E-state index is 9.42. The van der Waals surface area contributed by atoms with E-state index in [-0.39, 0.29) is 0 Å². The highest BCUT2D eigenvalue weighted by Gasteiger charge is 2.21. The molecule has 1 aliphatic rings. The van der Waals surface area contributed by atoms with Crippen molar-refractivity contribution in [2.45, 2.75) is 6.10 Å². The largest absolute Gasteiger partial charge is 0.497 e. The number of hydrogen-bond acceptors (Lipinski definition) is 3. The number of aliphatic hydroxyl groups excluding tert-OH is 1. The van der Waals surface area contributed by atoms with E-state index in [0.29, 0.717) is 6.61 Å². The van der Waals surface area contributed by atoms with Crippen LogP contribution in [0.5, 0.6) is 11.5 Å². The lowest BCUT2D eigenvalue weighted by atomic mass is 10.1. The van der Waals surface area contributed by atoms with Gasteiger partial charge in [0.1, 0.15) is 24.2 Å². The third-order valence-electron chi connectivity index (χ3n) is 1.97. The first-order valence-corrected chi connectivity index (χ1v) is 3.80. The minimum atomic E-state index is -0.505. The number of methoxy groups -OCH3 is 1. The van der Waals surface area contributed by atoms with Gasteiger partial charge in [0, 0.05) is 5.56 Å². The highest BCUT2D eigenvalue weighted by molar-refractivity contribution is 5.43. The molecule has 0 amide bonds. The summed E-state index contributed by atoms with van der Waals surface area (Å²) in [4.78, 5) is 0. The molecule has 1 aromatic rings. The Kier molecular flexibility index (Phi) is 1.66. The highest BCUT2D eigenvalue weighted by Crippen LogP contribution is 2.34. The number of fused-ring (bicyclic) bond motifs is 1. The second-order valence-corrected chi connectivity index (χ2v) is 2.73. The first kappa shape index (κ1) is 7.43. The topological polar surface area (TPSA) is 38.7 Å². The van der Waals surface area contributed by atoms with E-state index in [9.17, 15) is 5.11 Å². The fraction of sp³-hybridized carbons (Fsp3) is 0.333. The van der Waals surface area contributed by atoms with Crippen molar-refractivity contribution >= 4 is 0 Å². The summed E-state index contributed by atoms with van der Waals surface area (Å²) in [6, 6.07) is 5.42. The van der Waals surface area contributed by atoms with Gasteiger partial charge in [0.2, 0.25) is 0 Å². The van der Waals surface area contributed by atoms with Crippen molar-refractivity contribution < 1.29 is 14.6 Å². The van der Waals surface area contributed by atoms with Gasteiger partial charge in [-0.15, -0.1) is 0 Å². The molecule has 2 rings (SSSR count). The van der Waals surface area contributed by atoms with Crippen LogP contribution in [0.4, 0.5) is 0 Å². The zero-order chi connectivity index (χ0) is 8.55. The van der Waals surface area contributed by atoms with Crippen molar-refractivity contribution in [3.8, 4) is 11.5 Å². The van der Waals surface area contributed by atoms with E-state index in [1.165, 1.54) is 0 Å². The number of ether oxygens (including phenoxy) is 2. The predicted octanol–water partition coefficient (Wildman–Crippen LogP) is 1.12. The molecule has 12 heavy (non-hydrogen) atoms. The Hall–Kier alpha value is -1.22. The second-order valence-electron chi connectivity index (χ2n) is 2.73. The lowest BCUT2D eigenvalue weighted by molar-refractivity contribution is 0.140. The molecule has 1 heterocycles. The number of benzene rings is 1. The van der Waals surface area contributed by atoms with Crippen LogP contribution in [0.25, 0.3) is 0 Å². The predicted molar refractivity (Wildman–Crippen MR) is 43.4 cm³/mol. The molecule has 0 aromatic heterocycles. The van der Waals surface area contributed by atoms with Gasteiger partial charge in [0.15, 0.2) is 0 Å². The van der Waals surface area contributed by atoms with E-state index in [4.69, 9.17) is 9.47 Å². The Morgan fingerprint density at radius 2 is 2.42 bits per heavy atom. The van der Waals surface area contributed by atoms with Crippen LogP contribution in [-0.2, 0) is 0 Å². The molecule has 0 spiro atoms. The van der Waals surface area contributed by atoms with Crippen molar-refractivity contribution in [3.63, 3.8) is 0 Å². The maximum atomic E-state index is 9.42. The SMILES string of the molecule is COc1ccc2c(c1)C(O)CO2. The summed E-state index contributed by atoms with van der Waals surface area (Å²) < 4.78 is 10.2. The van der Waals surface area contributed by atoms with Crippen LogP contribution in [0.2, 0.25) is 0 Å². The smallest absolute Gasteiger partial charge is 0.125 e. The minimum absolute atomic E-state index is 0.350. The summed E-state index contributed by atoms with van der Waals surface area (Å²) in [6.07, 6.45) is -0.505. The molecule has 0 bridgehead atoms. The van der Waals surface area contributed by atoms with Crippen LogP contribution in [0.1, 0.15) is 11.7 Å². The maximum Gasteiger partial charge on any atom is 0.125 e. The van der Waals surface area contributed by atoms with Crippen LogP contribution in [-0.4, -0.2) is 18.8 Å². The van der Waals surface area contributed by atoms with Gasteiger partial charge in [-0.05, 0) is 18.2 Å². The quantitative estimate of drug-likeness (QED) is 0.679. The molecule has 0 radical (unpaired) electrons. The molecular weight excluding hydrogens is 156 g/mol. The Morgan fingerprint density at radius 3 is 3.17 bits per heavy atom. The van der Waals surface area contributed by atoms with Gasteiger partial charge < -0.3 is 14.6 Å². The summed E-state index contributed by atoms with van der Waals surface area (Å²) in [7, 11) is 1.60. The van der Waals surface area contributed by atoms with Crippen LogP contribution >= 0.6 is 0 Å². The van der Waals surface area contributed by atoms with Gasteiger partial charge in [-0.1, -0.05) is 0 Å². The summed E-state index contributed by atoms with van der Waals surface area (Å²) in [5, 5.41) is 9.42. The first-order valence-electron chi connectivity index (χ1n) is 3.80. The number of rotatable bonds is 1. The van der Waals surface area contributed by atoms with Gasteiger partial charge in [0.05, 0.1) is 7.11 Å². The van der Waals surface area contributed by atoms with Gasteiger partial charge in [-0.2, -0.15) is 0 Å². The first-order chi connectivity index (χ1) is 5.81. The molecule has 64 valence electrons. The molecule has 1 N–H and O–H groups in total. The average molecular weight is 166 g/mol. The Bertz CT molecular complexity index is 296. The fourth-order valence-corrected chi connectivity index (χ4v) is 1.30. The lowest BCUT2D eigenvalue weighted by Gasteiger charge is -2.02. The molecule has 1 unspecified atom stereocenters. The molecule has 0 aliphatic carbocycles. The minimum Gasteiger partial charge on any atom is -0.497 e. The van der Waals surface area contributed by atoms with Crippen molar-refractivity contribution in [2.75, 3.05) is 13.7 Å². The molecular formula is C9H10O3. The second kappa shape index (κ2) is 2.68. The van der Waals surface area contributed by atoms with Crippen molar-refractivity contribution in [2.24, 2.45) is 0 Å². The standard InChI is InChI=1S/C9H10O3/c1-11-6-2-3-9-7(4-6)8(10)5-12-9/h2-4,8,10H,5H2,1H3. The van der Waals surface area contributed by atoms with E-state index in [1.54, 1.807) is 13.2 Å². The third kappa shape index (κ3) is 1.02. The van der Waals surface area contributed by atoms with Crippen molar-refractivity contribution in [1.82, 2.24) is 0 Å². The van der Waals surface area contributed by atoms with Crippen LogP contribution in [0.3, 0.4) is 0 Å². The van der Waals surface area contributed by atoms with Gasteiger partial charge >= 0.3 is 0 Å². The Morgan fingerprint density at radius 1 is 1.58 bits per heavy atom. The number of aliphatic hydroxyl groups is 1. The summed E-state index contributed by atoms with van der Waals surface area (Å²) in [5.41, 5.74) is 0.814. The van der Waals surface area contributed by atoms with Crippen LogP contribution < -0.4 is 9.47 Å². The van der Waals surface area contributed by atoms with Gasteiger partial charge in [-0.3, -0.25) is 0 Å². The molecule has 0 saturated carbocycles. The van der Waals surface area contributed by atoms with Gasteiger partial charge in [-0.25, -0.2) is 0 Å². The van der Waals surface area contributed by atoms with E-state index in [1.807, 2.05) is 12.1 Å². The molecule has 1 atom stereocenters. The van der Waals surface area contributed by atoms with Crippen molar-refractivity contribution in [1.29, 1.82) is 0 Å². The van der Waals surface area contributed by atoms with E-state index >= 15 is 0 Å². The zero-order valence-corrected chi connectivity index (χ0v) is 6.78. The van der Waals surface area contributed by atoms with E-state index < -0.39 is 6.10 Å². The summed E-state index contributed by atoms with van der Waals surface area (Å²) in [6.45, 7) is 0.350. The highest BCUT2D eigenvalue weighted by atomic mass is 16.5. The van der Waals surface area contributed by atoms with Crippen LogP contribution in [0.15, 0.2) is 18.2 Å². The molecule has 3 heteroatoms. The normalized spacial score (nSPS) is 20.0. The molecule has 0 saturated heterocycles.